The number of furan rings is 1. The fraction of sp³-hybridized carbons (Fsp3) is 0.0526. The lowest BCUT2D eigenvalue weighted by atomic mass is 10.2. The summed E-state index contributed by atoms with van der Waals surface area (Å²) in [5.74, 6) is 0.655. The highest BCUT2D eigenvalue weighted by atomic mass is 16.5. The van der Waals surface area contributed by atoms with Crippen molar-refractivity contribution in [3.8, 4) is 5.75 Å². The summed E-state index contributed by atoms with van der Waals surface area (Å²) in [6.07, 6.45) is 3.00. The number of amides is 2. The molecule has 0 fully saturated rings. The highest BCUT2D eigenvalue weighted by Crippen LogP contribution is 2.30. The van der Waals surface area contributed by atoms with Crippen LogP contribution < -0.4 is 15.4 Å². The Morgan fingerprint density at radius 3 is 2.92 bits per heavy atom. The molecule has 0 saturated carbocycles. The molecule has 0 bridgehead atoms. The lowest BCUT2D eigenvalue weighted by Crippen LogP contribution is -2.25. The standard InChI is InChI=1S/C19H14N2O4/c22-18(8-6-14-9-12-3-1-2-4-16(12)25-14)20-13-5-7-17-15(10-13)21-19(23)11-24-17/h1-10H,11H2,(H,20,22)(H,21,23)/b8-6+. The van der Waals surface area contributed by atoms with Gasteiger partial charge in [-0.3, -0.25) is 9.59 Å². The van der Waals surface area contributed by atoms with Crippen LogP contribution in [-0.4, -0.2) is 18.4 Å². The van der Waals surface area contributed by atoms with Gasteiger partial charge < -0.3 is 19.8 Å². The van der Waals surface area contributed by atoms with Gasteiger partial charge >= 0.3 is 0 Å². The number of hydrogen-bond donors (Lipinski definition) is 2. The zero-order chi connectivity index (χ0) is 17.2. The van der Waals surface area contributed by atoms with Crippen LogP contribution in [0.4, 0.5) is 11.4 Å². The van der Waals surface area contributed by atoms with Crippen molar-refractivity contribution < 1.29 is 18.7 Å². The molecule has 0 atom stereocenters. The second-order valence-corrected chi connectivity index (χ2v) is 5.56. The molecule has 0 radical (unpaired) electrons. The molecule has 0 aliphatic carbocycles. The van der Waals surface area contributed by atoms with E-state index in [0.29, 0.717) is 22.9 Å². The van der Waals surface area contributed by atoms with Crippen molar-refractivity contribution >= 4 is 40.2 Å². The highest BCUT2D eigenvalue weighted by Gasteiger charge is 2.16. The van der Waals surface area contributed by atoms with Gasteiger partial charge in [-0.1, -0.05) is 18.2 Å². The lowest BCUT2D eigenvalue weighted by molar-refractivity contribution is -0.118. The molecule has 2 aromatic carbocycles. The number of fused-ring (bicyclic) bond motifs is 2. The van der Waals surface area contributed by atoms with Gasteiger partial charge in [0, 0.05) is 17.1 Å². The first-order valence-electron chi connectivity index (χ1n) is 7.72. The van der Waals surface area contributed by atoms with E-state index in [1.54, 1.807) is 24.3 Å². The number of carbonyl (C=O) groups excluding carboxylic acids is 2. The molecule has 6 heteroatoms. The van der Waals surface area contributed by atoms with Gasteiger partial charge in [0.05, 0.1) is 5.69 Å². The van der Waals surface area contributed by atoms with Crippen molar-refractivity contribution in [1.29, 1.82) is 0 Å². The number of hydrogen-bond acceptors (Lipinski definition) is 4. The number of benzene rings is 2. The molecule has 0 spiro atoms. The van der Waals surface area contributed by atoms with Crippen molar-refractivity contribution in [3.63, 3.8) is 0 Å². The number of anilines is 2. The maximum Gasteiger partial charge on any atom is 0.262 e. The molecule has 0 saturated heterocycles. The Morgan fingerprint density at radius 1 is 1.16 bits per heavy atom. The molecule has 25 heavy (non-hydrogen) atoms. The van der Waals surface area contributed by atoms with Crippen LogP contribution in [0.5, 0.6) is 5.75 Å². The Labute approximate surface area is 143 Å². The summed E-state index contributed by atoms with van der Waals surface area (Å²) in [6.45, 7) is -0.00105. The Bertz CT molecular complexity index is 971. The Kier molecular flexibility index (Phi) is 3.70. The van der Waals surface area contributed by atoms with Gasteiger partial charge in [-0.05, 0) is 36.4 Å². The largest absolute Gasteiger partial charge is 0.482 e. The first-order chi connectivity index (χ1) is 12.2. The second-order valence-electron chi connectivity index (χ2n) is 5.56. The second kappa shape index (κ2) is 6.16. The summed E-state index contributed by atoms with van der Waals surface area (Å²) in [4.78, 5) is 23.4. The molecule has 1 aliphatic heterocycles. The fourth-order valence-electron chi connectivity index (χ4n) is 2.59. The van der Waals surface area contributed by atoms with Crippen LogP contribution in [0.1, 0.15) is 5.76 Å². The lowest BCUT2D eigenvalue weighted by Gasteiger charge is -2.18. The van der Waals surface area contributed by atoms with E-state index in [4.69, 9.17) is 9.15 Å². The summed E-state index contributed by atoms with van der Waals surface area (Å²) in [6, 6.07) is 14.6. The van der Waals surface area contributed by atoms with Crippen molar-refractivity contribution in [2.45, 2.75) is 0 Å². The number of nitrogens with one attached hydrogen (secondary N) is 2. The maximum absolute atomic E-state index is 12.1. The third-order valence-corrected chi connectivity index (χ3v) is 3.72. The molecule has 1 aromatic heterocycles. The van der Waals surface area contributed by atoms with Crippen LogP contribution in [0.2, 0.25) is 0 Å². The average molecular weight is 334 g/mol. The summed E-state index contributed by atoms with van der Waals surface area (Å²) in [5.41, 5.74) is 1.87. The Hall–Kier alpha value is -3.54. The van der Waals surface area contributed by atoms with E-state index in [9.17, 15) is 9.59 Å². The van der Waals surface area contributed by atoms with E-state index in [1.165, 1.54) is 6.08 Å². The maximum atomic E-state index is 12.1. The van der Waals surface area contributed by atoms with Gasteiger partial charge in [0.1, 0.15) is 17.1 Å². The smallest absolute Gasteiger partial charge is 0.262 e. The minimum Gasteiger partial charge on any atom is -0.482 e. The van der Waals surface area contributed by atoms with Crippen molar-refractivity contribution in [2.24, 2.45) is 0 Å². The molecule has 6 nitrogen and oxygen atoms in total. The van der Waals surface area contributed by atoms with Gasteiger partial charge in [-0.25, -0.2) is 0 Å². The van der Waals surface area contributed by atoms with Gasteiger partial charge in [-0.2, -0.15) is 0 Å². The molecule has 2 heterocycles. The van der Waals surface area contributed by atoms with Gasteiger partial charge in [0.25, 0.3) is 5.91 Å². The van der Waals surface area contributed by atoms with Gasteiger partial charge in [0.2, 0.25) is 5.91 Å². The molecule has 124 valence electrons. The van der Waals surface area contributed by atoms with Crippen molar-refractivity contribution in [1.82, 2.24) is 0 Å². The molecule has 2 N–H and O–H groups in total. The van der Waals surface area contributed by atoms with Crippen LogP contribution in [-0.2, 0) is 9.59 Å². The number of carbonyl (C=O) groups is 2. The molecular weight excluding hydrogens is 320 g/mol. The summed E-state index contributed by atoms with van der Waals surface area (Å²) in [7, 11) is 0. The molecule has 0 unspecified atom stereocenters. The van der Waals surface area contributed by atoms with E-state index in [-0.39, 0.29) is 18.4 Å². The molecule has 4 rings (SSSR count). The topological polar surface area (TPSA) is 80.6 Å². The van der Waals surface area contributed by atoms with Gasteiger partial charge in [-0.15, -0.1) is 0 Å². The average Bonchev–Trinajstić information content (AvgIpc) is 3.02. The minimum atomic E-state index is -0.302. The summed E-state index contributed by atoms with van der Waals surface area (Å²) < 4.78 is 10.9. The van der Waals surface area contributed by atoms with Crippen LogP contribution in [0.3, 0.4) is 0 Å². The van der Waals surface area contributed by atoms with E-state index in [2.05, 4.69) is 10.6 Å². The predicted octanol–water partition coefficient (Wildman–Crippen LogP) is 3.42. The summed E-state index contributed by atoms with van der Waals surface area (Å²) in [5, 5.41) is 6.41. The minimum absolute atomic E-state index is 0.00105. The van der Waals surface area contributed by atoms with Crippen LogP contribution in [0.15, 0.2) is 59.0 Å². The third-order valence-electron chi connectivity index (χ3n) is 3.72. The zero-order valence-electron chi connectivity index (χ0n) is 13.1. The Balaban J connectivity index is 1.46. The van der Waals surface area contributed by atoms with E-state index in [0.717, 1.165) is 11.0 Å². The Morgan fingerprint density at radius 2 is 2.04 bits per heavy atom. The number of rotatable bonds is 3. The molecule has 3 aromatic rings. The van der Waals surface area contributed by atoms with Crippen molar-refractivity contribution in [2.75, 3.05) is 17.2 Å². The third kappa shape index (κ3) is 3.23. The normalized spacial score (nSPS) is 13.4. The summed E-state index contributed by atoms with van der Waals surface area (Å²) >= 11 is 0. The van der Waals surface area contributed by atoms with Crippen molar-refractivity contribution in [3.05, 3.63) is 60.4 Å². The van der Waals surface area contributed by atoms with E-state index >= 15 is 0 Å². The van der Waals surface area contributed by atoms with E-state index < -0.39 is 0 Å². The molecule has 1 aliphatic rings. The zero-order valence-corrected chi connectivity index (χ0v) is 13.1. The van der Waals surface area contributed by atoms with Crippen LogP contribution in [0, 0.1) is 0 Å². The van der Waals surface area contributed by atoms with Gasteiger partial charge in [0.15, 0.2) is 6.61 Å². The van der Waals surface area contributed by atoms with Crippen LogP contribution in [0.25, 0.3) is 17.0 Å². The highest BCUT2D eigenvalue weighted by molar-refractivity contribution is 6.03. The molecule has 2 amide bonds. The fourth-order valence-corrected chi connectivity index (χ4v) is 2.59. The number of para-hydroxylation sites is 1. The number of ether oxygens (including phenoxy) is 1. The first-order valence-corrected chi connectivity index (χ1v) is 7.72. The van der Waals surface area contributed by atoms with Crippen LogP contribution >= 0.6 is 0 Å². The SMILES string of the molecule is O=C(/C=C/c1cc2ccccc2o1)Nc1ccc2c(c1)NC(=O)CO2. The first kappa shape index (κ1) is 15.0. The quantitative estimate of drug-likeness (QED) is 0.719. The predicted molar refractivity (Wildman–Crippen MR) is 94.4 cm³/mol. The van der Waals surface area contributed by atoms with E-state index in [1.807, 2.05) is 30.3 Å². The molecular formula is C19H14N2O4. The monoisotopic (exact) mass is 334 g/mol.